The maximum absolute atomic E-state index is 11.1. The van der Waals surface area contributed by atoms with Crippen LogP contribution in [0.3, 0.4) is 0 Å². The number of nitrogens with two attached hydrogens (primary N) is 1. The molecule has 0 atom stereocenters. The second-order valence-electron chi connectivity index (χ2n) is 3.76. The number of hydrogen-bond acceptors (Lipinski definition) is 2. The van der Waals surface area contributed by atoms with E-state index in [-0.39, 0.29) is 11.1 Å². The first-order valence-corrected chi connectivity index (χ1v) is 3.99. The van der Waals surface area contributed by atoms with Gasteiger partial charge in [0.05, 0.1) is 0 Å². The molecule has 4 nitrogen and oxygen atoms in total. The van der Waals surface area contributed by atoms with E-state index in [0.29, 0.717) is 13.1 Å². The third-order valence-electron chi connectivity index (χ3n) is 1.87. The summed E-state index contributed by atoms with van der Waals surface area (Å²) in [5, 5.41) is 0. The van der Waals surface area contributed by atoms with Crippen molar-refractivity contribution in [3.63, 3.8) is 0 Å². The Balaban J connectivity index is 2.77. The Morgan fingerprint density at radius 1 is 1.67 bits per heavy atom. The molecule has 0 aliphatic carbocycles. The van der Waals surface area contributed by atoms with Gasteiger partial charge in [-0.05, 0) is 12.0 Å². The van der Waals surface area contributed by atoms with E-state index in [1.165, 1.54) is 0 Å². The highest BCUT2D eigenvalue weighted by Gasteiger charge is 2.16. The molecule has 0 saturated heterocycles. The van der Waals surface area contributed by atoms with E-state index in [4.69, 9.17) is 5.73 Å². The third-order valence-corrected chi connectivity index (χ3v) is 1.87. The predicted molar refractivity (Wildman–Crippen MR) is 47.9 cm³/mol. The molecule has 1 aromatic rings. The van der Waals surface area contributed by atoms with Gasteiger partial charge in [0.2, 0.25) is 0 Å². The van der Waals surface area contributed by atoms with Gasteiger partial charge in [0, 0.05) is 18.9 Å². The molecule has 1 heterocycles. The second-order valence-corrected chi connectivity index (χ2v) is 3.76. The van der Waals surface area contributed by atoms with Crippen LogP contribution in [0.2, 0.25) is 0 Å². The molecule has 0 aromatic carbocycles. The molecule has 0 radical (unpaired) electrons. The Labute approximate surface area is 71.4 Å². The van der Waals surface area contributed by atoms with Gasteiger partial charge >= 0.3 is 5.69 Å². The monoisotopic (exact) mass is 169 g/mol. The van der Waals surface area contributed by atoms with Gasteiger partial charge < -0.3 is 10.7 Å². The minimum absolute atomic E-state index is 0.0218. The first-order valence-electron chi connectivity index (χ1n) is 3.99. The normalized spacial score (nSPS) is 11.9. The fraction of sp³-hybridized carbons (Fsp3) is 0.625. The van der Waals surface area contributed by atoms with Crippen LogP contribution in [-0.4, -0.2) is 16.1 Å². The fourth-order valence-corrected chi connectivity index (χ4v) is 0.999. The van der Waals surface area contributed by atoms with Gasteiger partial charge in [0.25, 0.3) is 0 Å². The summed E-state index contributed by atoms with van der Waals surface area (Å²) >= 11 is 0. The highest BCUT2D eigenvalue weighted by molar-refractivity contribution is 4.80. The lowest BCUT2D eigenvalue weighted by Gasteiger charge is -2.21. The number of aromatic amines is 1. The zero-order valence-corrected chi connectivity index (χ0v) is 7.50. The number of imidazole rings is 1. The molecule has 1 aromatic heterocycles. The molecule has 0 aliphatic heterocycles. The number of rotatable bonds is 3. The number of H-pyrrole nitrogens is 1. The molecular weight excluding hydrogens is 154 g/mol. The molecule has 0 fully saturated rings. The SMILES string of the molecule is CC(C)(CN)Cn1cc[nH]c1=O. The Hall–Kier alpha value is -1.03. The van der Waals surface area contributed by atoms with Crippen molar-refractivity contribution < 1.29 is 0 Å². The first-order chi connectivity index (χ1) is 5.55. The topological polar surface area (TPSA) is 63.8 Å². The van der Waals surface area contributed by atoms with Gasteiger partial charge in [-0.3, -0.25) is 4.57 Å². The highest BCUT2D eigenvalue weighted by atomic mass is 16.1. The number of hydrogen-bond donors (Lipinski definition) is 2. The van der Waals surface area contributed by atoms with Crippen LogP contribution >= 0.6 is 0 Å². The van der Waals surface area contributed by atoms with E-state index < -0.39 is 0 Å². The standard InChI is InChI=1S/C8H15N3O/c1-8(2,5-9)6-11-4-3-10-7(11)12/h3-4H,5-6,9H2,1-2H3,(H,10,12). The summed E-state index contributed by atoms with van der Waals surface area (Å²) in [5.41, 5.74) is 5.45. The molecule has 4 heteroatoms. The van der Waals surface area contributed by atoms with E-state index in [1.54, 1.807) is 17.0 Å². The molecule has 0 aliphatic rings. The zero-order chi connectivity index (χ0) is 9.19. The van der Waals surface area contributed by atoms with E-state index in [9.17, 15) is 4.79 Å². The van der Waals surface area contributed by atoms with Gasteiger partial charge in [-0.25, -0.2) is 4.79 Å². The minimum atomic E-state index is -0.0727. The van der Waals surface area contributed by atoms with Crippen LogP contribution in [-0.2, 0) is 6.54 Å². The van der Waals surface area contributed by atoms with Crippen molar-refractivity contribution in [2.75, 3.05) is 6.54 Å². The fourth-order valence-electron chi connectivity index (χ4n) is 0.999. The van der Waals surface area contributed by atoms with E-state index in [1.807, 2.05) is 13.8 Å². The molecule has 0 unspecified atom stereocenters. The zero-order valence-electron chi connectivity index (χ0n) is 7.50. The van der Waals surface area contributed by atoms with E-state index in [2.05, 4.69) is 4.98 Å². The van der Waals surface area contributed by atoms with Crippen LogP contribution in [0, 0.1) is 5.41 Å². The van der Waals surface area contributed by atoms with Crippen molar-refractivity contribution >= 4 is 0 Å². The Morgan fingerprint density at radius 2 is 2.33 bits per heavy atom. The maximum Gasteiger partial charge on any atom is 0.325 e. The summed E-state index contributed by atoms with van der Waals surface area (Å²) in [6.45, 7) is 5.30. The van der Waals surface area contributed by atoms with Crippen LogP contribution in [0.25, 0.3) is 0 Å². The minimum Gasteiger partial charge on any atom is -0.330 e. The van der Waals surface area contributed by atoms with Crippen LogP contribution in [0.15, 0.2) is 17.2 Å². The average molecular weight is 169 g/mol. The molecule has 1 rings (SSSR count). The van der Waals surface area contributed by atoms with Crippen molar-refractivity contribution in [1.82, 2.24) is 9.55 Å². The third kappa shape index (κ3) is 1.98. The van der Waals surface area contributed by atoms with Crippen molar-refractivity contribution in [2.24, 2.45) is 11.1 Å². The Morgan fingerprint density at radius 3 is 2.75 bits per heavy atom. The van der Waals surface area contributed by atoms with Crippen LogP contribution < -0.4 is 11.4 Å². The lowest BCUT2D eigenvalue weighted by atomic mass is 9.94. The summed E-state index contributed by atoms with van der Waals surface area (Å²) in [6.07, 6.45) is 3.37. The molecule has 0 amide bonds. The molecule has 68 valence electrons. The van der Waals surface area contributed by atoms with Gasteiger partial charge in [0.1, 0.15) is 0 Å². The van der Waals surface area contributed by atoms with Crippen LogP contribution in [0.4, 0.5) is 0 Å². The van der Waals surface area contributed by atoms with Crippen molar-refractivity contribution in [3.05, 3.63) is 22.9 Å². The number of aromatic nitrogens is 2. The smallest absolute Gasteiger partial charge is 0.325 e. The lowest BCUT2D eigenvalue weighted by Crippen LogP contribution is -2.32. The molecule has 3 N–H and O–H groups in total. The first kappa shape index (κ1) is 9.06. The average Bonchev–Trinajstić information content (AvgIpc) is 2.36. The Bertz CT molecular complexity index is 297. The van der Waals surface area contributed by atoms with Crippen molar-refractivity contribution in [1.29, 1.82) is 0 Å². The predicted octanol–water partition coefficient (Wildman–Crippen LogP) is 0.161. The molecule has 0 saturated carbocycles. The lowest BCUT2D eigenvalue weighted by molar-refractivity contribution is 0.313. The summed E-state index contributed by atoms with van der Waals surface area (Å²) in [4.78, 5) is 13.7. The maximum atomic E-state index is 11.1. The number of nitrogens with zero attached hydrogens (tertiary/aromatic N) is 1. The van der Waals surface area contributed by atoms with Crippen molar-refractivity contribution in [2.45, 2.75) is 20.4 Å². The van der Waals surface area contributed by atoms with Gasteiger partial charge in [-0.15, -0.1) is 0 Å². The van der Waals surface area contributed by atoms with Crippen molar-refractivity contribution in [3.8, 4) is 0 Å². The summed E-state index contributed by atoms with van der Waals surface area (Å²) in [7, 11) is 0. The molecule has 12 heavy (non-hydrogen) atoms. The van der Waals surface area contributed by atoms with Crippen LogP contribution in [0.5, 0.6) is 0 Å². The van der Waals surface area contributed by atoms with Crippen LogP contribution in [0.1, 0.15) is 13.8 Å². The number of nitrogens with one attached hydrogen (secondary N) is 1. The largest absolute Gasteiger partial charge is 0.330 e. The van der Waals surface area contributed by atoms with Gasteiger partial charge in [-0.2, -0.15) is 0 Å². The summed E-state index contributed by atoms with van der Waals surface area (Å²) in [6, 6.07) is 0. The van der Waals surface area contributed by atoms with Gasteiger partial charge in [-0.1, -0.05) is 13.8 Å². The molecular formula is C8H15N3O. The quantitative estimate of drug-likeness (QED) is 0.677. The second kappa shape index (κ2) is 3.15. The molecule has 0 spiro atoms. The van der Waals surface area contributed by atoms with E-state index >= 15 is 0 Å². The van der Waals surface area contributed by atoms with Gasteiger partial charge in [0.15, 0.2) is 0 Å². The Kier molecular flexibility index (Phi) is 2.38. The van der Waals surface area contributed by atoms with E-state index in [0.717, 1.165) is 0 Å². The summed E-state index contributed by atoms with van der Waals surface area (Å²) in [5.74, 6) is 0. The summed E-state index contributed by atoms with van der Waals surface area (Å²) < 4.78 is 1.63. The highest BCUT2D eigenvalue weighted by Crippen LogP contribution is 2.13. The molecule has 0 bridgehead atoms.